The Morgan fingerprint density at radius 2 is 1.83 bits per heavy atom. The number of carbonyl (C=O) groups excluding carboxylic acids is 2. The summed E-state index contributed by atoms with van der Waals surface area (Å²) in [7, 11) is 0. The van der Waals surface area contributed by atoms with Gasteiger partial charge < -0.3 is 19.3 Å². The summed E-state index contributed by atoms with van der Waals surface area (Å²) in [5.41, 5.74) is 1.92. The average molecular weight is 394 g/mol. The van der Waals surface area contributed by atoms with Crippen LogP contribution in [0.2, 0.25) is 0 Å². The molecule has 0 atom stereocenters. The van der Waals surface area contributed by atoms with E-state index >= 15 is 0 Å². The monoisotopic (exact) mass is 394 g/mol. The number of nitrogens with zero attached hydrogens (tertiary/aromatic N) is 1. The van der Waals surface area contributed by atoms with Gasteiger partial charge in [0.05, 0.1) is 18.2 Å². The largest absolute Gasteiger partial charge is 0.471 e. The highest BCUT2D eigenvalue weighted by molar-refractivity contribution is 6.02. The summed E-state index contributed by atoms with van der Waals surface area (Å²) in [4.78, 5) is 24.2. The fourth-order valence-electron chi connectivity index (χ4n) is 2.44. The van der Waals surface area contributed by atoms with Crippen LogP contribution in [-0.2, 0) is 11.3 Å². The number of hydrogen-bond acceptors (Lipinski definition) is 6. The number of unbranched alkanes of at least 4 members (excludes halogenated alkanes) is 1. The van der Waals surface area contributed by atoms with Crippen molar-refractivity contribution in [2.75, 3.05) is 11.9 Å². The number of ether oxygens (including phenoxy) is 2. The molecule has 0 saturated heterocycles. The van der Waals surface area contributed by atoms with Gasteiger partial charge in [-0.25, -0.2) is 4.79 Å². The predicted molar refractivity (Wildman–Crippen MR) is 107 cm³/mol. The minimum absolute atomic E-state index is 0.0242. The highest BCUT2D eigenvalue weighted by Crippen LogP contribution is 2.16. The Morgan fingerprint density at radius 3 is 2.55 bits per heavy atom. The molecule has 7 nitrogen and oxygen atoms in total. The summed E-state index contributed by atoms with van der Waals surface area (Å²) in [6.07, 6.45) is 1.78. The molecule has 0 bridgehead atoms. The van der Waals surface area contributed by atoms with Crippen LogP contribution in [0.15, 0.2) is 65.2 Å². The average Bonchev–Trinajstić information content (AvgIpc) is 3.23. The third kappa shape index (κ3) is 5.93. The van der Waals surface area contributed by atoms with Crippen LogP contribution in [-0.4, -0.2) is 23.6 Å². The lowest BCUT2D eigenvalue weighted by atomic mass is 10.2. The van der Waals surface area contributed by atoms with Crippen LogP contribution >= 0.6 is 0 Å². The van der Waals surface area contributed by atoms with E-state index < -0.39 is 5.91 Å². The molecule has 0 spiro atoms. The fraction of sp³-hybridized carbons (Fsp3) is 0.227. The van der Waals surface area contributed by atoms with Crippen molar-refractivity contribution in [3.63, 3.8) is 0 Å². The number of carbonyl (C=O) groups is 2. The standard InChI is InChI=1S/C22H22N2O5/c1-2-3-13-27-22(26)17-9-11-18(12-10-17)23-21(25)19-14-20(24-29-19)28-15-16-7-5-4-6-8-16/h4-12,14H,2-3,13,15H2,1H3,(H,23,25). The van der Waals surface area contributed by atoms with Crippen molar-refractivity contribution in [2.24, 2.45) is 0 Å². The van der Waals surface area contributed by atoms with Crippen molar-refractivity contribution in [1.29, 1.82) is 0 Å². The minimum atomic E-state index is -0.467. The van der Waals surface area contributed by atoms with Gasteiger partial charge in [-0.3, -0.25) is 4.79 Å². The molecular weight excluding hydrogens is 372 g/mol. The van der Waals surface area contributed by atoms with Crippen LogP contribution in [0, 0.1) is 0 Å². The highest BCUT2D eigenvalue weighted by atomic mass is 16.5. The molecule has 3 aromatic rings. The second-order valence-electron chi connectivity index (χ2n) is 6.32. The van der Waals surface area contributed by atoms with Crippen molar-refractivity contribution in [2.45, 2.75) is 26.4 Å². The Balaban J connectivity index is 1.52. The summed E-state index contributed by atoms with van der Waals surface area (Å²) in [5.74, 6) is -0.600. The molecule has 0 fully saturated rings. The van der Waals surface area contributed by atoms with Crippen LogP contribution in [0.4, 0.5) is 5.69 Å². The van der Waals surface area contributed by atoms with Gasteiger partial charge in [0.15, 0.2) is 0 Å². The molecule has 29 heavy (non-hydrogen) atoms. The maximum absolute atomic E-state index is 12.3. The lowest BCUT2D eigenvalue weighted by Crippen LogP contribution is -2.11. The molecule has 1 aromatic heterocycles. The highest BCUT2D eigenvalue weighted by Gasteiger charge is 2.15. The molecule has 1 N–H and O–H groups in total. The lowest BCUT2D eigenvalue weighted by Gasteiger charge is -2.06. The molecule has 3 rings (SSSR count). The Labute approximate surface area is 168 Å². The smallest absolute Gasteiger partial charge is 0.338 e. The Morgan fingerprint density at radius 1 is 1.07 bits per heavy atom. The van der Waals surface area contributed by atoms with Crippen LogP contribution in [0.3, 0.4) is 0 Å². The van der Waals surface area contributed by atoms with E-state index in [1.54, 1.807) is 24.3 Å². The van der Waals surface area contributed by atoms with E-state index in [9.17, 15) is 9.59 Å². The number of rotatable bonds is 9. The Bertz CT molecular complexity index is 935. The van der Waals surface area contributed by atoms with Gasteiger partial charge in [0.1, 0.15) is 6.61 Å². The molecule has 0 saturated carbocycles. The molecule has 0 radical (unpaired) electrons. The van der Waals surface area contributed by atoms with Crippen molar-refractivity contribution >= 4 is 17.6 Å². The number of nitrogens with one attached hydrogen (secondary N) is 1. The van der Waals surface area contributed by atoms with Gasteiger partial charge in [0.2, 0.25) is 5.76 Å². The third-order valence-electron chi connectivity index (χ3n) is 4.05. The number of amides is 1. The summed E-state index contributed by atoms with van der Waals surface area (Å²) in [6, 6.07) is 17.5. The van der Waals surface area contributed by atoms with Gasteiger partial charge in [0.25, 0.3) is 11.8 Å². The van der Waals surface area contributed by atoms with Crippen molar-refractivity contribution in [3.8, 4) is 5.88 Å². The molecule has 7 heteroatoms. The van der Waals surface area contributed by atoms with Crippen LogP contribution < -0.4 is 10.1 Å². The summed E-state index contributed by atoms with van der Waals surface area (Å²) in [6.45, 7) is 2.75. The topological polar surface area (TPSA) is 90.7 Å². The van der Waals surface area contributed by atoms with E-state index in [0.717, 1.165) is 18.4 Å². The van der Waals surface area contributed by atoms with E-state index in [0.29, 0.717) is 24.5 Å². The lowest BCUT2D eigenvalue weighted by molar-refractivity contribution is 0.0499. The molecule has 0 aliphatic carbocycles. The third-order valence-corrected chi connectivity index (χ3v) is 4.05. The summed E-state index contributed by atoms with van der Waals surface area (Å²) in [5, 5.41) is 6.43. The van der Waals surface area contributed by atoms with Crippen molar-refractivity contribution in [3.05, 3.63) is 77.6 Å². The van der Waals surface area contributed by atoms with Gasteiger partial charge in [-0.2, -0.15) is 0 Å². The fourth-order valence-corrected chi connectivity index (χ4v) is 2.44. The zero-order chi connectivity index (χ0) is 20.5. The zero-order valence-electron chi connectivity index (χ0n) is 16.1. The quantitative estimate of drug-likeness (QED) is 0.426. The normalized spacial score (nSPS) is 10.4. The molecule has 150 valence electrons. The molecule has 2 aromatic carbocycles. The number of benzene rings is 2. The second-order valence-corrected chi connectivity index (χ2v) is 6.32. The van der Waals surface area contributed by atoms with Crippen LogP contribution in [0.5, 0.6) is 5.88 Å². The van der Waals surface area contributed by atoms with E-state index in [1.165, 1.54) is 6.07 Å². The molecule has 1 heterocycles. The van der Waals surface area contributed by atoms with Crippen molar-refractivity contribution < 1.29 is 23.6 Å². The van der Waals surface area contributed by atoms with Gasteiger partial charge >= 0.3 is 5.97 Å². The minimum Gasteiger partial charge on any atom is -0.471 e. The van der Waals surface area contributed by atoms with E-state index in [-0.39, 0.29) is 17.6 Å². The Hall–Kier alpha value is -3.61. The van der Waals surface area contributed by atoms with Gasteiger partial charge in [-0.05, 0) is 41.4 Å². The number of hydrogen-bond donors (Lipinski definition) is 1. The van der Waals surface area contributed by atoms with Crippen LogP contribution in [0.1, 0.15) is 46.2 Å². The maximum Gasteiger partial charge on any atom is 0.338 e. The first kappa shape index (κ1) is 20.1. The molecule has 1 amide bonds. The summed E-state index contributed by atoms with van der Waals surface area (Å²) >= 11 is 0. The predicted octanol–water partition coefficient (Wildman–Crippen LogP) is 4.46. The van der Waals surface area contributed by atoms with E-state index in [4.69, 9.17) is 14.0 Å². The number of aromatic nitrogens is 1. The second kappa shape index (κ2) is 10.1. The van der Waals surface area contributed by atoms with E-state index in [1.807, 2.05) is 37.3 Å². The maximum atomic E-state index is 12.3. The molecule has 0 unspecified atom stereocenters. The number of anilines is 1. The first-order valence-electron chi connectivity index (χ1n) is 9.37. The first-order chi connectivity index (χ1) is 14.2. The van der Waals surface area contributed by atoms with Crippen LogP contribution in [0.25, 0.3) is 0 Å². The molecule has 0 aliphatic heterocycles. The number of esters is 1. The molecule has 0 aliphatic rings. The zero-order valence-corrected chi connectivity index (χ0v) is 16.1. The van der Waals surface area contributed by atoms with Gasteiger partial charge in [0, 0.05) is 5.69 Å². The summed E-state index contributed by atoms with van der Waals surface area (Å²) < 4.78 is 15.7. The SMILES string of the molecule is CCCCOC(=O)c1ccc(NC(=O)c2cc(OCc3ccccc3)no2)cc1. The molecular formula is C22H22N2O5. The Kier molecular flexibility index (Phi) is 7.00. The van der Waals surface area contributed by atoms with Gasteiger partial charge in [-0.15, -0.1) is 0 Å². The van der Waals surface area contributed by atoms with Gasteiger partial charge in [-0.1, -0.05) is 43.7 Å². The first-order valence-corrected chi connectivity index (χ1v) is 9.37. The van der Waals surface area contributed by atoms with Crippen molar-refractivity contribution in [1.82, 2.24) is 5.16 Å². The van der Waals surface area contributed by atoms with E-state index in [2.05, 4.69) is 10.5 Å².